The molecule has 2 saturated carbocycles. The topological polar surface area (TPSA) is 66.4 Å². The highest BCUT2D eigenvalue weighted by atomic mass is 32.1. The summed E-state index contributed by atoms with van der Waals surface area (Å²) in [4.78, 5) is 24.3. The summed E-state index contributed by atoms with van der Waals surface area (Å²) < 4.78 is 0. The van der Waals surface area contributed by atoms with Crippen molar-refractivity contribution in [1.82, 2.24) is 5.32 Å². The van der Waals surface area contributed by atoms with Gasteiger partial charge in [0.05, 0.1) is 11.8 Å². The van der Waals surface area contributed by atoms with Crippen molar-refractivity contribution in [2.24, 2.45) is 11.8 Å². The van der Waals surface area contributed by atoms with Gasteiger partial charge in [-0.15, -0.1) is 11.3 Å². The van der Waals surface area contributed by atoms with E-state index in [1.165, 1.54) is 24.1 Å². The third-order valence-corrected chi connectivity index (χ3v) is 6.02. The molecule has 4 nitrogen and oxygen atoms in total. The number of carboxylic acid groups (broad SMARTS) is 1. The second kappa shape index (κ2) is 5.79. The summed E-state index contributed by atoms with van der Waals surface area (Å²) in [5.41, 5.74) is 0.0652. The highest BCUT2D eigenvalue weighted by Crippen LogP contribution is 2.42. The maximum absolute atomic E-state index is 12.1. The first-order valence-electron chi connectivity index (χ1n) is 7.67. The minimum absolute atomic E-state index is 0.0652. The van der Waals surface area contributed by atoms with Crippen LogP contribution in [0.5, 0.6) is 0 Å². The normalized spacial score (nSPS) is 27.0. The Hall–Kier alpha value is -1.36. The molecule has 114 valence electrons. The zero-order valence-electron chi connectivity index (χ0n) is 12.0. The first-order chi connectivity index (χ1) is 10.1. The van der Waals surface area contributed by atoms with Crippen molar-refractivity contribution in [3.8, 4) is 0 Å². The SMILES string of the molecule is O=C(O)C1CC1C(=O)NCC1(c2cccs2)CCCCC1. The van der Waals surface area contributed by atoms with Crippen molar-refractivity contribution in [3.05, 3.63) is 22.4 Å². The average Bonchev–Trinajstić information content (AvgIpc) is 3.11. The van der Waals surface area contributed by atoms with Gasteiger partial charge in [0.2, 0.25) is 5.91 Å². The minimum atomic E-state index is -0.846. The highest BCUT2D eigenvalue weighted by Gasteiger charge is 2.48. The van der Waals surface area contributed by atoms with Crippen LogP contribution < -0.4 is 5.32 Å². The number of carbonyl (C=O) groups is 2. The molecular weight excluding hydrogens is 286 g/mol. The van der Waals surface area contributed by atoms with Crippen LogP contribution in [0.4, 0.5) is 0 Å². The van der Waals surface area contributed by atoms with Crippen LogP contribution in [-0.2, 0) is 15.0 Å². The molecule has 2 N–H and O–H groups in total. The van der Waals surface area contributed by atoms with E-state index in [0.717, 1.165) is 12.8 Å². The number of carbonyl (C=O) groups excluding carboxylic acids is 1. The number of hydrogen-bond acceptors (Lipinski definition) is 3. The Labute approximate surface area is 128 Å². The molecule has 3 rings (SSSR count). The van der Waals surface area contributed by atoms with Crippen LogP contribution >= 0.6 is 11.3 Å². The molecule has 0 spiro atoms. The summed E-state index contributed by atoms with van der Waals surface area (Å²) in [6.07, 6.45) is 6.39. The lowest BCUT2D eigenvalue weighted by Crippen LogP contribution is -2.42. The number of thiophene rings is 1. The van der Waals surface area contributed by atoms with Crippen LogP contribution in [0.3, 0.4) is 0 Å². The van der Waals surface area contributed by atoms with E-state index in [2.05, 4.69) is 22.8 Å². The summed E-state index contributed by atoms with van der Waals surface area (Å²) in [5, 5.41) is 14.0. The second-order valence-corrected chi connectivity index (χ2v) is 7.27. The lowest BCUT2D eigenvalue weighted by atomic mass is 9.73. The third kappa shape index (κ3) is 2.98. The van der Waals surface area contributed by atoms with E-state index in [9.17, 15) is 9.59 Å². The lowest BCUT2D eigenvalue weighted by Gasteiger charge is -2.36. The van der Waals surface area contributed by atoms with E-state index in [4.69, 9.17) is 5.11 Å². The van der Waals surface area contributed by atoms with Gasteiger partial charge < -0.3 is 10.4 Å². The van der Waals surface area contributed by atoms with Gasteiger partial charge in [-0.25, -0.2) is 0 Å². The predicted molar refractivity (Wildman–Crippen MR) is 81.3 cm³/mol. The zero-order valence-corrected chi connectivity index (χ0v) is 12.8. The maximum atomic E-state index is 12.1. The van der Waals surface area contributed by atoms with E-state index in [-0.39, 0.29) is 17.2 Å². The zero-order chi connectivity index (χ0) is 14.9. The summed E-state index contributed by atoms with van der Waals surface area (Å²) in [6, 6.07) is 4.23. The molecule has 0 aromatic carbocycles. The summed E-state index contributed by atoms with van der Waals surface area (Å²) >= 11 is 1.76. The summed E-state index contributed by atoms with van der Waals surface area (Å²) in [5.74, 6) is -1.70. The standard InChI is InChI=1S/C16H21NO3S/c18-14(11-9-12(11)15(19)20)17-10-16(6-2-1-3-7-16)13-5-4-8-21-13/h4-5,8,11-12H,1-3,6-7,9-10H2,(H,17,18)(H,19,20). The fraction of sp³-hybridized carbons (Fsp3) is 0.625. The highest BCUT2D eigenvalue weighted by molar-refractivity contribution is 7.10. The minimum Gasteiger partial charge on any atom is -0.481 e. The molecule has 1 aromatic heterocycles. The Balaban J connectivity index is 1.63. The van der Waals surface area contributed by atoms with E-state index in [1.807, 2.05) is 0 Å². The van der Waals surface area contributed by atoms with Crippen LogP contribution in [0.1, 0.15) is 43.4 Å². The maximum Gasteiger partial charge on any atom is 0.307 e. The van der Waals surface area contributed by atoms with Gasteiger partial charge in [0.25, 0.3) is 0 Å². The number of hydrogen-bond donors (Lipinski definition) is 2. The van der Waals surface area contributed by atoms with E-state index in [1.54, 1.807) is 11.3 Å². The summed E-state index contributed by atoms with van der Waals surface area (Å²) in [7, 11) is 0. The summed E-state index contributed by atoms with van der Waals surface area (Å²) in [6.45, 7) is 0.648. The monoisotopic (exact) mass is 307 g/mol. The van der Waals surface area contributed by atoms with Crippen molar-refractivity contribution in [2.75, 3.05) is 6.54 Å². The van der Waals surface area contributed by atoms with E-state index in [0.29, 0.717) is 13.0 Å². The average molecular weight is 307 g/mol. The van der Waals surface area contributed by atoms with Crippen molar-refractivity contribution >= 4 is 23.2 Å². The molecule has 1 aromatic rings. The Morgan fingerprint density at radius 2 is 2.05 bits per heavy atom. The molecule has 0 saturated heterocycles. The molecule has 0 radical (unpaired) electrons. The third-order valence-electron chi connectivity index (χ3n) is 4.90. The van der Waals surface area contributed by atoms with Crippen molar-refractivity contribution < 1.29 is 14.7 Å². The van der Waals surface area contributed by atoms with Crippen LogP contribution in [0.25, 0.3) is 0 Å². The molecular formula is C16H21NO3S. The van der Waals surface area contributed by atoms with Crippen molar-refractivity contribution in [1.29, 1.82) is 0 Å². The van der Waals surface area contributed by atoms with Gasteiger partial charge in [-0.05, 0) is 30.7 Å². The number of nitrogens with one attached hydrogen (secondary N) is 1. The fourth-order valence-corrected chi connectivity index (χ4v) is 4.45. The van der Waals surface area contributed by atoms with Crippen LogP contribution in [0.15, 0.2) is 17.5 Å². The van der Waals surface area contributed by atoms with Crippen LogP contribution in [0.2, 0.25) is 0 Å². The predicted octanol–water partition coefficient (Wildman–Crippen LogP) is 2.79. The largest absolute Gasteiger partial charge is 0.481 e. The van der Waals surface area contributed by atoms with Crippen molar-refractivity contribution in [2.45, 2.75) is 43.9 Å². The van der Waals surface area contributed by atoms with Crippen molar-refractivity contribution in [3.63, 3.8) is 0 Å². The van der Waals surface area contributed by atoms with Gasteiger partial charge in [-0.1, -0.05) is 25.3 Å². The molecule has 1 amide bonds. The Morgan fingerprint density at radius 3 is 2.62 bits per heavy atom. The fourth-order valence-electron chi connectivity index (χ4n) is 3.46. The Morgan fingerprint density at radius 1 is 1.29 bits per heavy atom. The number of carboxylic acids is 1. The van der Waals surface area contributed by atoms with Gasteiger partial charge in [0.1, 0.15) is 0 Å². The van der Waals surface area contributed by atoms with Crippen LogP contribution in [0, 0.1) is 11.8 Å². The number of amides is 1. The molecule has 0 aliphatic heterocycles. The molecule has 0 bridgehead atoms. The molecule has 2 atom stereocenters. The van der Waals surface area contributed by atoms with Gasteiger partial charge in [0.15, 0.2) is 0 Å². The molecule has 5 heteroatoms. The Kier molecular flexibility index (Phi) is 4.02. The molecule has 2 aliphatic carbocycles. The Bertz CT molecular complexity index is 520. The van der Waals surface area contributed by atoms with Gasteiger partial charge in [-0.2, -0.15) is 0 Å². The lowest BCUT2D eigenvalue weighted by molar-refractivity contribution is -0.140. The second-order valence-electron chi connectivity index (χ2n) is 6.32. The first kappa shape index (κ1) is 14.6. The van der Waals surface area contributed by atoms with E-state index < -0.39 is 11.9 Å². The molecule has 2 fully saturated rings. The number of rotatable bonds is 5. The molecule has 2 unspecified atom stereocenters. The van der Waals surface area contributed by atoms with Gasteiger partial charge >= 0.3 is 5.97 Å². The van der Waals surface area contributed by atoms with Gasteiger partial charge in [-0.3, -0.25) is 9.59 Å². The van der Waals surface area contributed by atoms with E-state index >= 15 is 0 Å². The number of aliphatic carboxylic acids is 1. The molecule has 21 heavy (non-hydrogen) atoms. The molecule has 1 heterocycles. The smallest absolute Gasteiger partial charge is 0.307 e. The van der Waals surface area contributed by atoms with Gasteiger partial charge in [0, 0.05) is 16.8 Å². The molecule has 2 aliphatic rings. The van der Waals surface area contributed by atoms with Crippen LogP contribution in [-0.4, -0.2) is 23.5 Å². The first-order valence-corrected chi connectivity index (χ1v) is 8.55. The quantitative estimate of drug-likeness (QED) is 0.879.